The Morgan fingerprint density at radius 3 is 2.65 bits per heavy atom. The van der Waals surface area contributed by atoms with E-state index in [1.807, 2.05) is 13.8 Å². The molecule has 160 valence electrons. The summed E-state index contributed by atoms with van der Waals surface area (Å²) in [6, 6.07) is 7.18. The van der Waals surface area contributed by atoms with Gasteiger partial charge in [0.05, 0.1) is 22.9 Å². The fraction of sp³-hybridized carbons (Fsp3) is 0.304. The topological polar surface area (TPSA) is 92.4 Å². The van der Waals surface area contributed by atoms with Gasteiger partial charge < -0.3 is 10.4 Å². The van der Waals surface area contributed by atoms with Crippen LogP contribution in [0.5, 0.6) is 0 Å². The van der Waals surface area contributed by atoms with E-state index in [9.17, 15) is 9.90 Å². The van der Waals surface area contributed by atoms with Gasteiger partial charge in [-0.2, -0.15) is 0 Å². The van der Waals surface area contributed by atoms with Crippen molar-refractivity contribution in [3.05, 3.63) is 64.0 Å². The number of carboxylic acids is 1. The molecule has 1 atom stereocenters. The highest BCUT2D eigenvalue weighted by molar-refractivity contribution is 6.29. The number of anilines is 1. The third-order valence-electron chi connectivity index (χ3n) is 5.38. The number of hydrogen-bond donors (Lipinski definition) is 2. The molecule has 3 heterocycles. The molecule has 0 saturated carbocycles. The Balaban J connectivity index is 1.89. The zero-order valence-electron chi connectivity index (χ0n) is 17.9. The Morgan fingerprint density at radius 2 is 1.97 bits per heavy atom. The van der Waals surface area contributed by atoms with Crippen LogP contribution in [0.2, 0.25) is 5.15 Å². The van der Waals surface area contributed by atoms with E-state index in [1.165, 1.54) is 0 Å². The van der Waals surface area contributed by atoms with Gasteiger partial charge in [-0.3, -0.25) is 4.40 Å². The molecule has 0 aliphatic rings. The van der Waals surface area contributed by atoms with Gasteiger partial charge in [-0.15, -0.1) is 0 Å². The number of carbonyl (C=O) groups is 1. The van der Waals surface area contributed by atoms with Gasteiger partial charge in [-0.25, -0.2) is 19.7 Å². The Kier molecular flexibility index (Phi) is 5.54. The molecule has 0 aliphatic carbocycles. The average Bonchev–Trinajstić information content (AvgIpc) is 3.18. The molecule has 0 bridgehead atoms. The largest absolute Gasteiger partial charge is 0.476 e. The predicted octanol–water partition coefficient (Wildman–Crippen LogP) is 5.24. The van der Waals surface area contributed by atoms with Crippen LogP contribution in [-0.4, -0.2) is 30.4 Å². The number of hydrogen-bond acceptors (Lipinski definition) is 5. The summed E-state index contributed by atoms with van der Waals surface area (Å²) in [5.41, 5.74) is 5.14. The number of nitrogens with one attached hydrogen (secondary N) is 1. The molecular formula is C23H24ClN5O2. The summed E-state index contributed by atoms with van der Waals surface area (Å²) in [6.45, 7) is 8.18. The van der Waals surface area contributed by atoms with E-state index in [-0.39, 0.29) is 16.9 Å². The highest BCUT2D eigenvalue weighted by Gasteiger charge is 2.20. The van der Waals surface area contributed by atoms with Gasteiger partial charge in [0.15, 0.2) is 5.69 Å². The maximum absolute atomic E-state index is 11.6. The summed E-state index contributed by atoms with van der Waals surface area (Å²) in [6.07, 6.45) is 3.68. The second-order valence-electron chi connectivity index (χ2n) is 7.61. The monoisotopic (exact) mass is 437 g/mol. The Hall–Kier alpha value is -3.19. The van der Waals surface area contributed by atoms with Gasteiger partial charge in [0.2, 0.25) is 0 Å². The molecule has 0 saturated heterocycles. The van der Waals surface area contributed by atoms with Crippen LogP contribution in [0.3, 0.4) is 0 Å². The van der Waals surface area contributed by atoms with Crippen molar-refractivity contribution < 1.29 is 9.90 Å². The normalized spacial score (nSPS) is 12.4. The van der Waals surface area contributed by atoms with Crippen molar-refractivity contribution in [2.24, 2.45) is 0 Å². The Morgan fingerprint density at radius 1 is 1.19 bits per heavy atom. The number of aryl methyl sites for hydroxylation is 3. The van der Waals surface area contributed by atoms with Crippen LogP contribution in [0.1, 0.15) is 59.9 Å². The van der Waals surface area contributed by atoms with Crippen LogP contribution >= 0.6 is 11.6 Å². The van der Waals surface area contributed by atoms with Crippen molar-refractivity contribution in [2.45, 2.75) is 46.6 Å². The maximum atomic E-state index is 11.6. The zero-order valence-corrected chi connectivity index (χ0v) is 18.7. The van der Waals surface area contributed by atoms with E-state index in [0.29, 0.717) is 5.69 Å². The summed E-state index contributed by atoms with van der Waals surface area (Å²) in [5, 5.41) is 13.9. The molecule has 4 aromatic rings. The summed E-state index contributed by atoms with van der Waals surface area (Å²) in [7, 11) is 0. The molecular weight excluding hydrogens is 414 g/mol. The molecule has 7 nitrogen and oxygen atoms in total. The molecule has 31 heavy (non-hydrogen) atoms. The molecule has 3 aromatic heterocycles. The first kappa shape index (κ1) is 21.1. The first-order chi connectivity index (χ1) is 14.8. The smallest absolute Gasteiger partial charge is 0.356 e. The number of aromatic carboxylic acids is 1. The van der Waals surface area contributed by atoms with E-state index < -0.39 is 5.97 Å². The predicted molar refractivity (Wildman–Crippen MR) is 122 cm³/mol. The Labute approximate surface area is 185 Å². The maximum Gasteiger partial charge on any atom is 0.356 e. The van der Waals surface area contributed by atoms with Crippen LogP contribution in [0.4, 0.5) is 5.69 Å². The van der Waals surface area contributed by atoms with Crippen molar-refractivity contribution >= 4 is 39.8 Å². The lowest BCUT2D eigenvalue weighted by molar-refractivity contribution is 0.0691. The molecule has 4 rings (SSSR count). The van der Waals surface area contributed by atoms with Crippen LogP contribution in [0, 0.1) is 6.92 Å². The number of nitrogens with zero attached hydrogens (tertiary/aromatic N) is 4. The number of rotatable bonds is 6. The molecule has 1 unspecified atom stereocenters. The fourth-order valence-corrected chi connectivity index (χ4v) is 4.02. The third kappa shape index (κ3) is 3.81. The molecule has 0 spiro atoms. The van der Waals surface area contributed by atoms with E-state index in [0.717, 1.165) is 52.0 Å². The summed E-state index contributed by atoms with van der Waals surface area (Å²) >= 11 is 5.89. The SMILES string of the molecule is CCc1cn2c(CC)nc3c(C(C)Nc4ccc(Cl)nc4C(=O)O)cc(C)cc3c2n1. The van der Waals surface area contributed by atoms with E-state index >= 15 is 0 Å². The van der Waals surface area contributed by atoms with Gasteiger partial charge in [-0.1, -0.05) is 31.5 Å². The fourth-order valence-electron chi connectivity index (χ4n) is 3.88. The molecule has 1 aromatic carbocycles. The van der Waals surface area contributed by atoms with Crippen molar-refractivity contribution in [1.29, 1.82) is 0 Å². The van der Waals surface area contributed by atoms with E-state index in [2.05, 4.69) is 46.9 Å². The molecule has 0 amide bonds. The molecule has 0 radical (unpaired) electrons. The standard InChI is InChI=1S/C23H24ClN5O2/c1-5-14-11-29-19(6-2)28-20-15(9-12(3)10-16(20)22(29)26-14)13(4)25-17-7-8-18(24)27-21(17)23(30)31/h7-11,13,25H,5-6H2,1-4H3,(H,30,31). The van der Waals surface area contributed by atoms with E-state index in [4.69, 9.17) is 21.6 Å². The lowest BCUT2D eigenvalue weighted by atomic mass is 10.0. The van der Waals surface area contributed by atoms with Crippen molar-refractivity contribution in [3.63, 3.8) is 0 Å². The minimum absolute atomic E-state index is 0.109. The van der Waals surface area contributed by atoms with Gasteiger partial charge in [-0.05, 0) is 44.0 Å². The summed E-state index contributed by atoms with van der Waals surface area (Å²) in [5.74, 6) is -0.199. The van der Waals surface area contributed by atoms with E-state index in [1.54, 1.807) is 12.1 Å². The Bertz CT molecular complexity index is 1310. The third-order valence-corrected chi connectivity index (χ3v) is 5.59. The number of benzene rings is 1. The van der Waals surface area contributed by atoms with Gasteiger partial charge in [0.1, 0.15) is 16.6 Å². The number of halogens is 1. The molecule has 0 fully saturated rings. The quantitative estimate of drug-likeness (QED) is 0.401. The highest BCUT2D eigenvalue weighted by atomic mass is 35.5. The number of imidazole rings is 1. The first-order valence-electron chi connectivity index (χ1n) is 10.3. The molecule has 2 N–H and O–H groups in total. The second kappa shape index (κ2) is 8.15. The van der Waals surface area contributed by atoms with Gasteiger partial charge in [0.25, 0.3) is 0 Å². The number of fused-ring (bicyclic) bond motifs is 3. The van der Waals surface area contributed by atoms with Crippen LogP contribution in [0.15, 0.2) is 30.5 Å². The highest BCUT2D eigenvalue weighted by Crippen LogP contribution is 2.31. The first-order valence-corrected chi connectivity index (χ1v) is 10.7. The van der Waals surface area contributed by atoms with Crippen molar-refractivity contribution in [1.82, 2.24) is 19.4 Å². The van der Waals surface area contributed by atoms with Gasteiger partial charge in [0, 0.05) is 23.6 Å². The minimum atomic E-state index is -1.14. The minimum Gasteiger partial charge on any atom is -0.476 e. The van der Waals surface area contributed by atoms with Crippen molar-refractivity contribution in [3.8, 4) is 0 Å². The summed E-state index contributed by atoms with van der Waals surface area (Å²) in [4.78, 5) is 25.4. The molecule has 8 heteroatoms. The summed E-state index contributed by atoms with van der Waals surface area (Å²) < 4.78 is 2.08. The number of carboxylic acid groups (broad SMARTS) is 1. The lowest BCUT2D eigenvalue weighted by Crippen LogP contribution is -2.13. The second-order valence-corrected chi connectivity index (χ2v) is 8.00. The van der Waals surface area contributed by atoms with Crippen LogP contribution in [-0.2, 0) is 12.8 Å². The van der Waals surface area contributed by atoms with Gasteiger partial charge >= 0.3 is 5.97 Å². The number of pyridine rings is 1. The lowest BCUT2D eigenvalue weighted by Gasteiger charge is -2.20. The zero-order chi connectivity index (χ0) is 22.3. The van der Waals surface area contributed by atoms with Crippen LogP contribution in [0.25, 0.3) is 16.6 Å². The number of aromatic nitrogens is 4. The van der Waals surface area contributed by atoms with Crippen molar-refractivity contribution in [2.75, 3.05) is 5.32 Å². The average molecular weight is 438 g/mol. The molecule has 0 aliphatic heterocycles. The van der Waals surface area contributed by atoms with Crippen LogP contribution < -0.4 is 5.32 Å².